The van der Waals surface area contributed by atoms with Crippen LogP contribution in [0.15, 0.2) is 24.3 Å². The molecule has 0 spiro atoms. The second kappa shape index (κ2) is 8.79. The molecule has 24 heavy (non-hydrogen) atoms. The number of carbonyl (C=O) groups is 2. The molecule has 0 aliphatic carbocycles. The number of rotatable bonds is 7. The number of nitrogens with one attached hydrogen (secondary N) is 2. The van der Waals surface area contributed by atoms with Gasteiger partial charge in [-0.1, -0.05) is 36.0 Å². The highest BCUT2D eigenvalue weighted by Crippen LogP contribution is 2.18. The minimum atomic E-state index is -0.359. The van der Waals surface area contributed by atoms with Gasteiger partial charge in [0.25, 0.3) is 0 Å². The highest BCUT2D eigenvalue weighted by molar-refractivity contribution is 8.01. The zero-order valence-electron chi connectivity index (χ0n) is 13.8. The highest BCUT2D eigenvalue weighted by Gasteiger charge is 2.17. The van der Waals surface area contributed by atoms with Gasteiger partial charge in [-0.25, -0.2) is 0 Å². The van der Waals surface area contributed by atoms with E-state index in [1.807, 2.05) is 38.1 Å². The predicted octanol–water partition coefficient (Wildman–Crippen LogP) is 3.11. The fourth-order valence-corrected chi connectivity index (χ4v) is 3.13. The number of nitrogens with zero attached hydrogens (tertiary/aromatic N) is 2. The van der Waals surface area contributed by atoms with Crippen molar-refractivity contribution in [2.75, 3.05) is 16.4 Å². The second-order valence-electron chi connectivity index (χ2n) is 5.21. The van der Waals surface area contributed by atoms with Gasteiger partial charge in [0, 0.05) is 5.69 Å². The van der Waals surface area contributed by atoms with Crippen LogP contribution in [-0.2, 0) is 16.0 Å². The van der Waals surface area contributed by atoms with Gasteiger partial charge < -0.3 is 5.32 Å². The summed E-state index contributed by atoms with van der Waals surface area (Å²) in [6, 6.07) is 7.58. The topological polar surface area (TPSA) is 84.0 Å². The Hall–Kier alpha value is -1.93. The van der Waals surface area contributed by atoms with Crippen molar-refractivity contribution in [1.82, 2.24) is 10.2 Å². The van der Waals surface area contributed by atoms with E-state index in [0.29, 0.717) is 5.13 Å². The number of hydrogen-bond acceptors (Lipinski definition) is 6. The first kappa shape index (κ1) is 18.4. The van der Waals surface area contributed by atoms with Gasteiger partial charge in [-0.3, -0.25) is 14.9 Å². The molecule has 1 aromatic carbocycles. The van der Waals surface area contributed by atoms with Gasteiger partial charge in [0.2, 0.25) is 16.9 Å². The highest BCUT2D eigenvalue weighted by atomic mass is 32.2. The van der Waals surface area contributed by atoms with Crippen LogP contribution in [0.4, 0.5) is 10.8 Å². The van der Waals surface area contributed by atoms with Crippen molar-refractivity contribution >= 4 is 45.7 Å². The molecule has 0 saturated heterocycles. The lowest BCUT2D eigenvalue weighted by atomic mass is 10.2. The molecule has 2 aromatic rings. The Morgan fingerprint density at radius 3 is 2.54 bits per heavy atom. The Bertz CT molecular complexity index is 700. The van der Waals surface area contributed by atoms with Crippen molar-refractivity contribution in [3.05, 3.63) is 34.8 Å². The van der Waals surface area contributed by atoms with E-state index in [0.717, 1.165) is 22.7 Å². The van der Waals surface area contributed by atoms with Gasteiger partial charge in [-0.2, -0.15) is 0 Å². The first-order valence-electron chi connectivity index (χ1n) is 7.59. The van der Waals surface area contributed by atoms with Crippen molar-refractivity contribution in [3.63, 3.8) is 0 Å². The number of aryl methyl sites for hydroxylation is 2. The number of carbonyl (C=O) groups excluding carboxylic acids is 2. The smallest absolute Gasteiger partial charge is 0.239 e. The summed E-state index contributed by atoms with van der Waals surface area (Å²) in [5.74, 6) is -0.103. The van der Waals surface area contributed by atoms with E-state index >= 15 is 0 Å². The van der Waals surface area contributed by atoms with Crippen LogP contribution < -0.4 is 10.6 Å². The van der Waals surface area contributed by atoms with Gasteiger partial charge in [0.1, 0.15) is 5.01 Å². The Morgan fingerprint density at radius 1 is 1.21 bits per heavy atom. The van der Waals surface area contributed by atoms with Crippen molar-refractivity contribution in [2.45, 2.75) is 32.4 Å². The predicted molar refractivity (Wildman–Crippen MR) is 99.6 cm³/mol. The van der Waals surface area contributed by atoms with Gasteiger partial charge in [-0.05, 0) is 32.4 Å². The van der Waals surface area contributed by atoms with Crippen molar-refractivity contribution < 1.29 is 9.59 Å². The molecule has 0 aliphatic rings. The van der Waals surface area contributed by atoms with Gasteiger partial charge in [0.05, 0.1) is 11.0 Å². The molecule has 1 aromatic heterocycles. The summed E-state index contributed by atoms with van der Waals surface area (Å²) in [5, 5.41) is 14.4. The van der Waals surface area contributed by atoms with Crippen LogP contribution in [0.1, 0.15) is 24.4 Å². The molecular weight excluding hydrogens is 344 g/mol. The SMILES string of the molecule is CCc1nnc(NC(=O)[C@H](C)SCC(=O)Nc2ccc(C)cc2)s1. The van der Waals surface area contributed by atoms with E-state index in [2.05, 4.69) is 20.8 Å². The maximum Gasteiger partial charge on any atom is 0.239 e. The van der Waals surface area contributed by atoms with Crippen LogP contribution in [0, 0.1) is 6.92 Å². The summed E-state index contributed by atoms with van der Waals surface area (Å²) in [6.45, 7) is 5.74. The summed E-state index contributed by atoms with van der Waals surface area (Å²) in [6.07, 6.45) is 0.789. The zero-order valence-corrected chi connectivity index (χ0v) is 15.5. The maximum atomic E-state index is 12.1. The fourth-order valence-electron chi connectivity index (χ4n) is 1.76. The molecule has 0 bridgehead atoms. The van der Waals surface area contributed by atoms with E-state index in [1.165, 1.54) is 23.1 Å². The molecule has 0 saturated carbocycles. The normalized spacial score (nSPS) is 11.8. The average molecular weight is 364 g/mol. The number of thioether (sulfide) groups is 1. The molecule has 2 amide bonds. The molecule has 2 rings (SSSR count). The summed E-state index contributed by atoms with van der Waals surface area (Å²) in [5.41, 5.74) is 1.89. The molecule has 0 radical (unpaired) electrons. The largest absolute Gasteiger partial charge is 0.325 e. The standard InChI is InChI=1S/C16H20N4O2S2/c1-4-14-19-20-16(24-14)18-15(22)11(3)23-9-13(21)17-12-7-5-10(2)6-8-12/h5-8,11H,4,9H2,1-3H3,(H,17,21)(H,18,20,22)/t11-/m0/s1. The number of amides is 2. The van der Waals surface area contributed by atoms with Crippen LogP contribution in [0.25, 0.3) is 0 Å². The number of anilines is 2. The number of benzene rings is 1. The Morgan fingerprint density at radius 2 is 1.92 bits per heavy atom. The Kier molecular flexibility index (Phi) is 6.74. The zero-order chi connectivity index (χ0) is 17.5. The van der Waals surface area contributed by atoms with E-state index in [9.17, 15) is 9.59 Å². The molecule has 0 aliphatic heterocycles. The molecule has 1 atom stereocenters. The third-order valence-corrected chi connectivity index (χ3v) is 5.29. The lowest BCUT2D eigenvalue weighted by molar-refractivity contribution is -0.115. The van der Waals surface area contributed by atoms with Gasteiger partial charge in [-0.15, -0.1) is 22.0 Å². The van der Waals surface area contributed by atoms with E-state index in [1.54, 1.807) is 6.92 Å². The van der Waals surface area contributed by atoms with E-state index in [4.69, 9.17) is 0 Å². The van der Waals surface area contributed by atoms with E-state index in [-0.39, 0.29) is 22.8 Å². The minimum Gasteiger partial charge on any atom is -0.325 e. The first-order chi connectivity index (χ1) is 11.5. The second-order valence-corrected chi connectivity index (χ2v) is 7.60. The summed E-state index contributed by atoms with van der Waals surface area (Å²) in [7, 11) is 0. The molecule has 128 valence electrons. The molecule has 2 N–H and O–H groups in total. The molecule has 0 fully saturated rings. The Balaban J connectivity index is 1.76. The molecular formula is C16H20N4O2S2. The van der Waals surface area contributed by atoms with Crippen molar-refractivity contribution in [1.29, 1.82) is 0 Å². The molecule has 6 nitrogen and oxygen atoms in total. The lowest BCUT2D eigenvalue weighted by Crippen LogP contribution is -2.25. The fraction of sp³-hybridized carbons (Fsp3) is 0.375. The van der Waals surface area contributed by atoms with Crippen LogP contribution in [0.3, 0.4) is 0 Å². The summed E-state index contributed by atoms with van der Waals surface area (Å²) >= 11 is 2.64. The van der Waals surface area contributed by atoms with Gasteiger partial charge >= 0.3 is 0 Å². The molecule has 8 heteroatoms. The van der Waals surface area contributed by atoms with E-state index < -0.39 is 0 Å². The minimum absolute atomic E-state index is 0.132. The third kappa shape index (κ3) is 5.61. The Labute approximate surface area is 149 Å². The summed E-state index contributed by atoms with van der Waals surface area (Å²) in [4.78, 5) is 24.0. The third-order valence-electron chi connectivity index (χ3n) is 3.17. The summed E-state index contributed by atoms with van der Waals surface area (Å²) < 4.78 is 0. The van der Waals surface area contributed by atoms with Crippen LogP contribution in [0.2, 0.25) is 0 Å². The quantitative estimate of drug-likeness (QED) is 0.789. The monoisotopic (exact) mass is 364 g/mol. The number of hydrogen-bond donors (Lipinski definition) is 2. The molecule has 1 heterocycles. The van der Waals surface area contributed by atoms with Crippen LogP contribution in [-0.4, -0.2) is 33.0 Å². The maximum absolute atomic E-state index is 12.1. The van der Waals surface area contributed by atoms with Crippen molar-refractivity contribution in [3.8, 4) is 0 Å². The van der Waals surface area contributed by atoms with Crippen LogP contribution >= 0.6 is 23.1 Å². The number of aromatic nitrogens is 2. The first-order valence-corrected chi connectivity index (χ1v) is 9.45. The van der Waals surface area contributed by atoms with Gasteiger partial charge in [0.15, 0.2) is 0 Å². The lowest BCUT2D eigenvalue weighted by Gasteiger charge is -2.10. The molecule has 0 unspecified atom stereocenters. The average Bonchev–Trinajstić information content (AvgIpc) is 3.02. The van der Waals surface area contributed by atoms with Crippen LogP contribution in [0.5, 0.6) is 0 Å². The van der Waals surface area contributed by atoms with Crippen molar-refractivity contribution in [2.24, 2.45) is 0 Å².